The van der Waals surface area contributed by atoms with Crippen molar-refractivity contribution >= 4 is 33.7 Å². The van der Waals surface area contributed by atoms with Crippen LogP contribution in [0.1, 0.15) is 64.2 Å². The maximum Gasteiger partial charge on any atom is 0.410 e. The normalized spacial score (nSPS) is 19.3. The minimum atomic E-state index is -4.05. The topological polar surface area (TPSA) is 122 Å². The molecule has 1 aliphatic heterocycles. The Morgan fingerprint density at radius 1 is 1.07 bits per heavy atom. The number of nitrogens with zero attached hydrogens (tertiary/aromatic N) is 3. The van der Waals surface area contributed by atoms with E-state index in [9.17, 15) is 18.3 Å². The SMILES string of the molecule is Cc1cccc(C)c1-c1cc(Cl)nc(NS(=O)(=O)c2cccc(CC3C[C@@H](O)CN(C(=O)OC(C)(C)C)C[C@@H]3CC(C)C)c2)n1. The monoisotopic (exact) mass is 656 g/mol. The molecular weight excluding hydrogens is 612 g/mol. The smallest absolute Gasteiger partial charge is 0.410 e. The number of halogens is 1. The second-order valence-electron chi connectivity index (χ2n) is 13.5. The number of nitrogens with one attached hydrogen (secondary N) is 1. The number of sulfonamides is 1. The van der Waals surface area contributed by atoms with E-state index in [1.807, 2.05) is 58.9 Å². The summed E-state index contributed by atoms with van der Waals surface area (Å²) in [6, 6.07) is 14.3. The number of aliphatic hydroxyl groups excluding tert-OH is 1. The maximum atomic E-state index is 13.6. The largest absolute Gasteiger partial charge is 0.444 e. The predicted octanol–water partition coefficient (Wildman–Crippen LogP) is 7.04. The molecule has 0 bridgehead atoms. The Labute approximate surface area is 272 Å². The lowest BCUT2D eigenvalue weighted by atomic mass is 9.79. The summed E-state index contributed by atoms with van der Waals surface area (Å²) in [5, 5.41) is 11.1. The number of hydrogen-bond donors (Lipinski definition) is 2. The average Bonchev–Trinajstić information content (AvgIpc) is 3.05. The van der Waals surface area contributed by atoms with E-state index < -0.39 is 27.8 Å². The summed E-state index contributed by atoms with van der Waals surface area (Å²) in [7, 11) is -4.05. The van der Waals surface area contributed by atoms with Gasteiger partial charge in [-0.2, -0.15) is 0 Å². The van der Waals surface area contributed by atoms with Gasteiger partial charge in [0.2, 0.25) is 5.95 Å². The van der Waals surface area contributed by atoms with Gasteiger partial charge in [-0.25, -0.2) is 27.9 Å². The van der Waals surface area contributed by atoms with Gasteiger partial charge >= 0.3 is 6.09 Å². The van der Waals surface area contributed by atoms with Crippen LogP contribution in [-0.4, -0.2) is 59.3 Å². The first kappa shape index (κ1) is 34.7. The standard InChI is InChI=1S/C34H45ClN4O5S/c1-21(2)14-26-19-39(33(41)44-34(5,6)7)20-27(40)17-25(26)15-24-12-9-13-28(16-24)45(42,43)38-32-36-29(18-30(35)37-32)31-22(3)10-8-11-23(31)4/h8-13,16,18,21,25-27,40H,14-15,17,19-20H2,1-7H3,(H,36,37,38)/t25?,26-,27+/m0/s1. The molecule has 45 heavy (non-hydrogen) atoms. The van der Waals surface area contributed by atoms with Crippen molar-refractivity contribution in [1.29, 1.82) is 0 Å². The van der Waals surface area contributed by atoms with E-state index in [0.717, 1.165) is 28.7 Å². The van der Waals surface area contributed by atoms with Crippen molar-refractivity contribution in [3.05, 3.63) is 70.4 Å². The van der Waals surface area contributed by atoms with Crippen LogP contribution in [0, 0.1) is 31.6 Å². The fourth-order valence-electron chi connectivity index (χ4n) is 6.11. The molecule has 3 atom stereocenters. The van der Waals surface area contributed by atoms with Gasteiger partial charge < -0.3 is 14.7 Å². The van der Waals surface area contributed by atoms with Crippen molar-refractivity contribution in [2.24, 2.45) is 17.8 Å². The van der Waals surface area contributed by atoms with Gasteiger partial charge in [-0.1, -0.05) is 55.8 Å². The molecule has 0 spiro atoms. The zero-order chi connectivity index (χ0) is 33.1. The van der Waals surface area contributed by atoms with Crippen LogP contribution in [0.2, 0.25) is 5.15 Å². The maximum absolute atomic E-state index is 13.6. The van der Waals surface area contributed by atoms with Crippen LogP contribution in [0.25, 0.3) is 11.3 Å². The lowest BCUT2D eigenvalue weighted by molar-refractivity contribution is 0.0152. The van der Waals surface area contributed by atoms with Crippen LogP contribution in [0.5, 0.6) is 0 Å². The minimum absolute atomic E-state index is 0.0249. The van der Waals surface area contributed by atoms with Gasteiger partial charge in [0.15, 0.2) is 0 Å². The summed E-state index contributed by atoms with van der Waals surface area (Å²) in [6.45, 7) is 14.3. The van der Waals surface area contributed by atoms with Crippen molar-refractivity contribution in [2.75, 3.05) is 17.8 Å². The molecule has 244 valence electrons. The highest BCUT2D eigenvalue weighted by atomic mass is 35.5. The fourth-order valence-corrected chi connectivity index (χ4v) is 7.30. The predicted molar refractivity (Wildman–Crippen MR) is 178 cm³/mol. The molecule has 11 heteroatoms. The molecule has 0 saturated carbocycles. The Kier molecular flexibility index (Phi) is 10.8. The van der Waals surface area contributed by atoms with Crippen molar-refractivity contribution < 1.29 is 23.1 Å². The molecule has 0 aliphatic carbocycles. The Morgan fingerprint density at radius 2 is 1.73 bits per heavy atom. The molecular formula is C34H45ClN4O5S. The summed E-state index contributed by atoms with van der Waals surface area (Å²) in [6.07, 6.45) is 0.733. The number of carbonyl (C=O) groups is 1. The van der Waals surface area contributed by atoms with Crippen LogP contribution in [0.3, 0.4) is 0 Å². The van der Waals surface area contributed by atoms with Crippen LogP contribution >= 0.6 is 11.6 Å². The summed E-state index contributed by atoms with van der Waals surface area (Å²) >= 11 is 6.31. The summed E-state index contributed by atoms with van der Waals surface area (Å²) in [4.78, 5) is 23.3. The zero-order valence-electron chi connectivity index (χ0n) is 27.2. The van der Waals surface area contributed by atoms with E-state index in [4.69, 9.17) is 16.3 Å². The molecule has 3 aromatic rings. The molecule has 1 fully saturated rings. The summed E-state index contributed by atoms with van der Waals surface area (Å²) in [5.74, 6) is 0.375. The number of ether oxygens (including phenoxy) is 1. The number of aromatic nitrogens is 2. The lowest BCUT2D eigenvalue weighted by Gasteiger charge is -2.31. The number of benzene rings is 2. The van der Waals surface area contributed by atoms with Gasteiger partial charge in [0.1, 0.15) is 10.8 Å². The van der Waals surface area contributed by atoms with Gasteiger partial charge in [-0.05, 0) is 100 Å². The molecule has 4 rings (SSSR count). The number of anilines is 1. The second-order valence-corrected chi connectivity index (χ2v) is 15.6. The number of hydrogen-bond acceptors (Lipinski definition) is 7. The van der Waals surface area contributed by atoms with E-state index in [1.54, 1.807) is 23.1 Å². The number of carbonyl (C=O) groups excluding carboxylic acids is 1. The molecule has 1 aromatic heterocycles. The Bertz CT molecular complexity index is 1600. The molecule has 9 nitrogen and oxygen atoms in total. The van der Waals surface area contributed by atoms with Gasteiger partial charge in [-0.15, -0.1) is 0 Å². The minimum Gasteiger partial charge on any atom is -0.444 e. The van der Waals surface area contributed by atoms with Crippen LogP contribution in [0.15, 0.2) is 53.4 Å². The van der Waals surface area contributed by atoms with Crippen LogP contribution in [0.4, 0.5) is 10.7 Å². The highest BCUT2D eigenvalue weighted by Crippen LogP contribution is 2.33. The first-order chi connectivity index (χ1) is 21.0. The number of β-amino-alcohol motifs (C(OH)–C–C–N with tert-alkyl or cyclic N) is 1. The third kappa shape index (κ3) is 9.40. The number of aliphatic hydroxyl groups is 1. The van der Waals surface area contributed by atoms with Gasteiger partial charge in [-0.3, -0.25) is 0 Å². The first-order valence-electron chi connectivity index (χ1n) is 15.4. The molecule has 1 amide bonds. The molecule has 2 aromatic carbocycles. The fraction of sp³-hybridized carbons (Fsp3) is 0.500. The van der Waals surface area contributed by atoms with Crippen LogP contribution < -0.4 is 4.72 Å². The first-order valence-corrected chi connectivity index (χ1v) is 17.3. The Morgan fingerprint density at radius 3 is 2.38 bits per heavy atom. The van der Waals surface area contributed by atoms with E-state index in [1.165, 1.54) is 6.07 Å². The molecule has 1 saturated heterocycles. The Hall–Kier alpha value is -3.21. The lowest BCUT2D eigenvalue weighted by Crippen LogP contribution is -2.41. The van der Waals surface area contributed by atoms with Gasteiger partial charge in [0.05, 0.1) is 16.7 Å². The molecule has 0 radical (unpaired) electrons. The molecule has 1 unspecified atom stereocenters. The highest BCUT2D eigenvalue weighted by Gasteiger charge is 2.35. The summed E-state index contributed by atoms with van der Waals surface area (Å²) < 4.78 is 35.2. The van der Waals surface area contributed by atoms with Gasteiger partial charge in [0.25, 0.3) is 10.0 Å². The number of amides is 1. The van der Waals surface area contributed by atoms with E-state index in [-0.39, 0.29) is 34.4 Å². The van der Waals surface area contributed by atoms with Crippen molar-refractivity contribution in [2.45, 2.75) is 84.3 Å². The van der Waals surface area contributed by atoms with E-state index >= 15 is 0 Å². The van der Waals surface area contributed by atoms with Crippen LogP contribution in [-0.2, 0) is 21.2 Å². The summed E-state index contributed by atoms with van der Waals surface area (Å²) in [5.41, 5.74) is 3.55. The highest BCUT2D eigenvalue weighted by molar-refractivity contribution is 7.92. The molecule has 1 aliphatic rings. The van der Waals surface area contributed by atoms with Crippen molar-refractivity contribution in [3.63, 3.8) is 0 Å². The van der Waals surface area contributed by atoms with E-state index in [0.29, 0.717) is 31.0 Å². The van der Waals surface area contributed by atoms with Crippen molar-refractivity contribution in [3.8, 4) is 11.3 Å². The van der Waals surface area contributed by atoms with E-state index in [2.05, 4.69) is 28.5 Å². The zero-order valence-corrected chi connectivity index (χ0v) is 28.7. The average molecular weight is 657 g/mol. The third-order valence-electron chi connectivity index (χ3n) is 7.92. The quantitative estimate of drug-likeness (QED) is 0.250. The number of aryl methyl sites for hydroxylation is 2. The number of likely N-dealkylation sites (tertiary alicyclic amines) is 1. The molecule has 2 N–H and O–H groups in total. The van der Waals surface area contributed by atoms with Gasteiger partial charge in [0, 0.05) is 24.7 Å². The number of rotatable bonds is 8. The Balaban J connectivity index is 1.57. The van der Waals surface area contributed by atoms with Crippen molar-refractivity contribution in [1.82, 2.24) is 14.9 Å². The molecule has 2 heterocycles. The third-order valence-corrected chi connectivity index (χ3v) is 9.44. The second kappa shape index (κ2) is 14.1.